The van der Waals surface area contributed by atoms with Crippen LogP contribution in [0, 0.1) is 12.3 Å². The third-order valence-electron chi connectivity index (χ3n) is 1.27. The van der Waals surface area contributed by atoms with Crippen LogP contribution in [-0.2, 0) is 0 Å². The van der Waals surface area contributed by atoms with Crippen LogP contribution in [0.3, 0.4) is 0 Å². The van der Waals surface area contributed by atoms with Gasteiger partial charge in [0.25, 0.3) is 0 Å². The molecule has 1 nitrogen and oxygen atoms in total. The average Bonchev–Trinajstić information content (AvgIpc) is 2.05. The van der Waals surface area contributed by atoms with Gasteiger partial charge in [-0.15, -0.1) is 6.42 Å². The molecule has 1 rings (SSSR count). The molecule has 1 aromatic carbocycles. The highest BCUT2D eigenvalue weighted by Crippen LogP contribution is 2.09. The molecule has 0 spiro atoms. The van der Waals surface area contributed by atoms with E-state index >= 15 is 0 Å². The molecule has 1 heteroatoms. The minimum absolute atomic E-state index is 0.763. The topological polar surface area (TPSA) is 20.2 Å². The Balaban J connectivity index is 2.88. The van der Waals surface area contributed by atoms with E-state index in [0.717, 1.165) is 5.56 Å². The molecule has 0 unspecified atom stereocenters. The maximum absolute atomic E-state index is 9.09. The zero-order chi connectivity index (χ0) is 7.40. The fourth-order valence-electron chi connectivity index (χ4n) is 0.732. The highest BCUT2D eigenvalue weighted by atomic mass is 16.3. The molecule has 0 bridgehead atoms. The quantitative estimate of drug-likeness (QED) is 0.572. The van der Waals surface area contributed by atoms with E-state index in [9.17, 15) is 0 Å². The van der Waals surface area contributed by atoms with Crippen LogP contribution in [0.4, 0.5) is 0 Å². The van der Waals surface area contributed by atoms with E-state index in [-0.39, 0.29) is 0 Å². The number of rotatable bonds is 1. The normalized spacial score (nSPS) is 12.0. The summed E-state index contributed by atoms with van der Waals surface area (Å²) in [4.78, 5) is 0. The van der Waals surface area contributed by atoms with Gasteiger partial charge < -0.3 is 5.11 Å². The molecule has 0 aliphatic carbocycles. The number of aliphatic hydroxyl groups excluding tert-OH is 1. The highest BCUT2D eigenvalue weighted by Gasteiger charge is 1.98. The molecular formula is C9H8O. The van der Waals surface area contributed by atoms with Crippen molar-refractivity contribution in [3.05, 3.63) is 35.9 Å². The SMILES string of the molecule is C#C[C@H](O)c1ccccc1. The van der Waals surface area contributed by atoms with Crippen LogP contribution < -0.4 is 0 Å². The largest absolute Gasteiger partial charge is 0.376 e. The summed E-state index contributed by atoms with van der Waals surface area (Å²) in [5.41, 5.74) is 0.769. The monoisotopic (exact) mass is 132 g/mol. The van der Waals surface area contributed by atoms with Crippen molar-refractivity contribution in [2.75, 3.05) is 0 Å². The summed E-state index contributed by atoms with van der Waals surface area (Å²) in [5, 5.41) is 9.09. The molecule has 1 atom stereocenters. The lowest BCUT2D eigenvalue weighted by Crippen LogP contribution is -1.90. The summed E-state index contributed by atoms with van der Waals surface area (Å²) in [6.45, 7) is 0. The van der Waals surface area contributed by atoms with Crippen LogP contribution in [0.5, 0.6) is 0 Å². The van der Waals surface area contributed by atoms with Crippen LogP contribution in [-0.4, -0.2) is 5.11 Å². The first-order valence-electron chi connectivity index (χ1n) is 3.03. The first-order valence-corrected chi connectivity index (χ1v) is 3.03. The van der Waals surface area contributed by atoms with E-state index in [1.54, 1.807) is 12.1 Å². The predicted molar refractivity (Wildman–Crippen MR) is 40.2 cm³/mol. The maximum atomic E-state index is 9.09. The lowest BCUT2D eigenvalue weighted by molar-refractivity contribution is 0.238. The minimum Gasteiger partial charge on any atom is -0.376 e. The van der Waals surface area contributed by atoms with E-state index < -0.39 is 6.10 Å². The van der Waals surface area contributed by atoms with Crippen molar-refractivity contribution in [3.63, 3.8) is 0 Å². The van der Waals surface area contributed by atoms with Gasteiger partial charge in [-0.05, 0) is 5.56 Å². The lowest BCUT2D eigenvalue weighted by Gasteiger charge is -2.00. The molecule has 0 amide bonds. The zero-order valence-corrected chi connectivity index (χ0v) is 5.49. The van der Waals surface area contributed by atoms with Crippen LogP contribution >= 0.6 is 0 Å². The Labute approximate surface area is 60.3 Å². The van der Waals surface area contributed by atoms with Gasteiger partial charge in [-0.1, -0.05) is 36.3 Å². The number of hydrogen-bond acceptors (Lipinski definition) is 1. The van der Waals surface area contributed by atoms with Gasteiger partial charge in [-0.25, -0.2) is 0 Å². The van der Waals surface area contributed by atoms with E-state index in [2.05, 4.69) is 5.92 Å². The molecule has 1 aromatic rings. The molecule has 1 N–H and O–H groups in total. The summed E-state index contributed by atoms with van der Waals surface area (Å²) in [6.07, 6.45) is 4.24. The molecule has 0 aliphatic heterocycles. The van der Waals surface area contributed by atoms with Crippen LogP contribution in [0.25, 0.3) is 0 Å². The van der Waals surface area contributed by atoms with E-state index in [1.807, 2.05) is 18.2 Å². The van der Waals surface area contributed by atoms with Crippen molar-refractivity contribution >= 4 is 0 Å². The van der Waals surface area contributed by atoms with E-state index in [1.165, 1.54) is 0 Å². The minimum atomic E-state index is -0.763. The molecule has 0 aromatic heterocycles. The number of aliphatic hydroxyl groups is 1. The second-order valence-corrected chi connectivity index (χ2v) is 1.98. The number of benzene rings is 1. The molecular weight excluding hydrogens is 124 g/mol. The van der Waals surface area contributed by atoms with Crippen LogP contribution in [0.2, 0.25) is 0 Å². The smallest absolute Gasteiger partial charge is 0.139 e. The molecule has 50 valence electrons. The van der Waals surface area contributed by atoms with Gasteiger partial charge in [0.15, 0.2) is 0 Å². The van der Waals surface area contributed by atoms with Crippen molar-refractivity contribution in [1.29, 1.82) is 0 Å². The Hall–Kier alpha value is -1.26. The first kappa shape index (κ1) is 6.85. The standard InChI is InChI=1S/C9H8O/c1-2-9(10)8-6-4-3-5-7-8/h1,3-7,9-10H/t9-/m0/s1. The van der Waals surface area contributed by atoms with Crippen LogP contribution in [0.1, 0.15) is 11.7 Å². The van der Waals surface area contributed by atoms with Gasteiger partial charge >= 0.3 is 0 Å². The van der Waals surface area contributed by atoms with Gasteiger partial charge in [0.05, 0.1) is 0 Å². The second-order valence-electron chi connectivity index (χ2n) is 1.98. The Kier molecular flexibility index (Phi) is 2.09. The van der Waals surface area contributed by atoms with Crippen molar-refractivity contribution in [2.45, 2.75) is 6.10 Å². The first-order chi connectivity index (χ1) is 4.84. The van der Waals surface area contributed by atoms with E-state index in [4.69, 9.17) is 11.5 Å². The predicted octanol–water partition coefficient (Wildman–Crippen LogP) is 1.35. The van der Waals surface area contributed by atoms with Crippen LogP contribution in [0.15, 0.2) is 30.3 Å². The third-order valence-corrected chi connectivity index (χ3v) is 1.27. The molecule has 0 fully saturated rings. The summed E-state index contributed by atoms with van der Waals surface area (Å²) in [7, 11) is 0. The Morgan fingerprint density at radius 2 is 1.90 bits per heavy atom. The van der Waals surface area contributed by atoms with Gasteiger partial charge in [0.2, 0.25) is 0 Å². The fourth-order valence-corrected chi connectivity index (χ4v) is 0.732. The Morgan fingerprint density at radius 3 is 2.40 bits per heavy atom. The van der Waals surface area contributed by atoms with Gasteiger partial charge in [0, 0.05) is 0 Å². The maximum Gasteiger partial charge on any atom is 0.139 e. The van der Waals surface area contributed by atoms with Gasteiger partial charge in [0.1, 0.15) is 6.10 Å². The van der Waals surface area contributed by atoms with Gasteiger partial charge in [-0.2, -0.15) is 0 Å². The third kappa shape index (κ3) is 1.37. The number of hydrogen-bond donors (Lipinski definition) is 1. The molecule has 0 saturated heterocycles. The summed E-state index contributed by atoms with van der Waals surface area (Å²) < 4.78 is 0. The lowest BCUT2D eigenvalue weighted by atomic mass is 10.1. The van der Waals surface area contributed by atoms with Crippen molar-refractivity contribution in [3.8, 4) is 12.3 Å². The fraction of sp³-hybridized carbons (Fsp3) is 0.111. The Bertz CT molecular complexity index is 233. The summed E-state index contributed by atoms with van der Waals surface area (Å²) in [6, 6.07) is 9.16. The highest BCUT2D eigenvalue weighted by molar-refractivity contribution is 5.22. The van der Waals surface area contributed by atoms with Crippen molar-refractivity contribution in [2.24, 2.45) is 0 Å². The Morgan fingerprint density at radius 1 is 1.30 bits per heavy atom. The van der Waals surface area contributed by atoms with Crippen molar-refractivity contribution in [1.82, 2.24) is 0 Å². The molecule has 10 heavy (non-hydrogen) atoms. The number of terminal acetylenes is 1. The second kappa shape index (κ2) is 3.05. The van der Waals surface area contributed by atoms with Gasteiger partial charge in [-0.3, -0.25) is 0 Å². The average molecular weight is 132 g/mol. The molecule has 0 aliphatic rings. The molecule has 0 heterocycles. The van der Waals surface area contributed by atoms with E-state index in [0.29, 0.717) is 0 Å². The van der Waals surface area contributed by atoms with Crippen molar-refractivity contribution < 1.29 is 5.11 Å². The molecule has 0 radical (unpaired) electrons. The summed E-state index contributed by atoms with van der Waals surface area (Å²) >= 11 is 0. The molecule has 0 saturated carbocycles. The zero-order valence-electron chi connectivity index (χ0n) is 5.49. The summed E-state index contributed by atoms with van der Waals surface area (Å²) in [5.74, 6) is 2.24.